The second kappa shape index (κ2) is 11.8. The van der Waals surface area contributed by atoms with Gasteiger partial charge in [-0.1, -0.05) is 41.1 Å². The van der Waals surface area contributed by atoms with Crippen molar-refractivity contribution in [3.63, 3.8) is 0 Å². The van der Waals surface area contributed by atoms with Crippen molar-refractivity contribution in [1.82, 2.24) is 4.37 Å². The molecule has 1 aromatic rings. The molecule has 0 saturated heterocycles. The Hall–Kier alpha value is -0.320. The quantitative estimate of drug-likeness (QED) is 0.386. The molecule has 18 heavy (non-hydrogen) atoms. The number of anilines is 1. The number of aromatic nitrogens is 1. The molecule has 0 aliphatic carbocycles. The summed E-state index contributed by atoms with van der Waals surface area (Å²) >= 11 is 9.13. The summed E-state index contributed by atoms with van der Waals surface area (Å²) in [5, 5.41) is 8.68. The molecule has 1 heterocycles. The van der Waals surface area contributed by atoms with Crippen LogP contribution in [-0.4, -0.2) is 8.80 Å². The van der Waals surface area contributed by atoms with Crippen LogP contribution in [0.5, 0.6) is 0 Å². The van der Waals surface area contributed by atoms with Crippen LogP contribution >= 0.6 is 45.7 Å². The van der Waals surface area contributed by atoms with E-state index < -0.39 is 0 Å². The van der Waals surface area contributed by atoms with Gasteiger partial charge in [-0.05, 0) is 43.7 Å². The monoisotopic (exact) mass is 399 g/mol. The van der Waals surface area contributed by atoms with E-state index in [9.17, 15) is 0 Å². The third-order valence-electron chi connectivity index (χ3n) is 1.88. The molecule has 102 valence electrons. The van der Waals surface area contributed by atoms with Crippen LogP contribution in [0.4, 0.5) is 5.82 Å². The fourth-order valence-electron chi connectivity index (χ4n) is 0.512. The number of nitrogen functional groups attached to an aromatic ring is 1. The number of nitrogens with zero attached hydrogens (tertiary/aromatic N) is 2. The van der Waals surface area contributed by atoms with Crippen molar-refractivity contribution in [2.45, 2.75) is 34.6 Å². The lowest BCUT2D eigenvalue weighted by Crippen LogP contribution is -1.85. The van der Waals surface area contributed by atoms with E-state index in [1.165, 1.54) is 20.8 Å². The average Bonchev–Trinajstić information content (AvgIpc) is 2.61. The molecule has 0 atom stereocenters. The Kier molecular flexibility index (Phi) is 13.1. The Morgan fingerprint density at radius 3 is 2.00 bits per heavy atom. The molecule has 0 fully saturated rings. The minimum Gasteiger partial charge on any atom is -0.383 e. The summed E-state index contributed by atoms with van der Waals surface area (Å²) in [5.41, 5.74) is 7.15. The fourth-order valence-corrected chi connectivity index (χ4v) is 1.17. The van der Waals surface area contributed by atoms with Gasteiger partial charge in [-0.2, -0.15) is 9.64 Å². The molecule has 1 rings (SSSR count). The van der Waals surface area contributed by atoms with Gasteiger partial charge in [0.2, 0.25) is 0 Å². The molecule has 6 heteroatoms. The van der Waals surface area contributed by atoms with E-state index in [2.05, 4.69) is 33.9 Å². The molecular formula is C12H19ClIN3S. The zero-order valence-corrected chi connectivity index (χ0v) is 15.1. The first-order valence-electron chi connectivity index (χ1n) is 5.29. The highest BCUT2D eigenvalue weighted by Crippen LogP contribution is 2.16. The van der Waals surface area contributed by atoms with Crippen LogP contribution in [0.15, 0.2) is 10.6 Å². The molecule has 0 amide bonds. The predicted molar refractivity (Wildman–Crippen MR) is 90.4 cm³/mol. The van der Waals surface area contributed by atoms with E-state index in [0.717, 1.165) is 5.56 Å². The highest BCUT2D eigenvalue weighted by molar-refractivity contribution is 14.1. The van der Waals surface area contributed by atoms with Crippen molar-refractivity contribution in [3.05, 3.63) is 21.0 Å². The maximum Gasteiger partial charge on any atom is 0.140 e. The lowest BCUT2D eigenvalue weighted by molar-refractivity contribution is 1.40. The summed E-state index contributed by atoms with van der Waals surface area (Å²) in [6.45, 7) is 9.49. The summed E-state index contributed by atoms with van der Waals surface area (Å²) < 4.78 is 5.16. The molecule has 0 aliphatic rings. The molecule has 0 unspecified atom stereocenters. The van der Waals surface area contributed by atoms with Gasteiger partial charge in [0.05, 0.1) is 6.07 Å². The van der Waals surface area contributed by atoms with Crippen molar-refractivity contribution in [3.8, 4) is 6.07 Å². The zero-order valence-electron chi connectivity index (χ0n) is 11.3. The molecule has 0 aromatic carbocycles. The number of allylic oxidation sites excluding steroid dienone is 2. The number of hydrogen-bond acceptors (Lipinski definition) is 4. The minimum atomic E-state index is 0.572. The van der Waals surface area contributed by atoms with Crippen LogP contribution < -0.4 is 5.73 Å². The third kappa shape index (κ3) is 9.68. The molecule has 0 radical (unpaired) electrons. The number of halogens is 2. The van der Waals surface area contributed by atoms with E-state index >= 15 is 0 Å². The second-order valence-corrected chi connectivity index (χ2v) is 6.36. The Morgan fingerprint density at radius 2 is 1.94 bits per heavy atom. The predicted octanol–water partition coefficient (Wildman–Crippen LogP) is 4.83. The Bertz CT molecular complexity index is 398. The summed E-state index contributed by atoms with van der Waals surface area (Å²) in [6.07, 6.45) is 0. The summed E-state index contributed by atoms with van der Waals surface area (Å²) in [6, 6.07) is 1.91. The van der Waals surface area contributed by atoms with Gasteiger partial charge in [0.15, 0.2) is 0 Å². The first kappa shape index (κ1) is 20.0. The topological polar surface area (TPSA) is 62.7 Å². The summed E-state index contributed by atoms with van der Waals surface area (Å²) in [5.74, 6) is 0.674. The highest BCUT2D eigenvalue weighted by Gasteiger charge is 1.98. The van der Waals surface area contributed by atoms with Gasteiger partial charge in [0.1, 0.15) is 5.82 Å². The van der Waals surface area contributed by atoms with Crippen LogP contribution in [0.3, 0.4) is 0 Å². The normalized spacial score (nSPS) is 10.1. The van der Waals surface area contributed by atoms with Crippen LogP contribution in [0.2, 0.25) is 0 Å². The standard InChI is InChI=1S/C5H6ClN.C5H8N2S.C2H5I/c1-4(3-7)5(2)6;1-3-4(2)8-7-5(3)6;1-2-3/h1-2H3;1-2H3,(H2,6,7);2H2,1H3/b5-4-;;. The van der Waals surface area contributed by atoms with Gasteiger partial charge in [-0.25, -0.2) is 0 Å². The van der Waals surface area contributed by atoms with Crippen molar-refractivity contribution < 1.29 is 0 Å². The number of rotatable bonds is 0. The SMILES string of the molecule is C/C(Cl)=C(\C)C#N.CCI.Cc1snc(N)c1C. The number of alkyl halides is 1. The first-order chi connectivity index (χ1) is 8.31. The minimum absolute atomic E-state index is 0.572. The Labute approximate surface area is 132 Å². The molecule has 2 N–H and O–H groups in total. The van der Waals surface area contributed by atoms with Crippen LogP contribution in [-0.2, 0) is 0 Å². The zero-order chi connectivity index (χ0) is 14.7. The molecule has 0 spiro atoms. The van der Waals surface area contributed by atoms with Gasteiger partial charge in [0.25, 0.3) is 0 Å². The van der Waals surface area contributed by atoms with E-state index in [1.54, 1.807) is 13.8 Å². The highest BCUT2D eigenvalue weighted by atomic mass is 127. The van der Waals surface area contributed by atoms with Crippen molar-refractivity contribution >= 4 is 51.5 Å². The molecule has 3 nitrogen and oxygen atoms in total. The second-order valence-electron chi connectivity index (χ2n) is 3.29. The van der Waals surface area contributed by atoms with Crippen molar-refractivity contribution in [2.24, 2.45) is 0 Å². The largest absolute Gasteiger partial charge is 0.383 e. The molecular weight excluding hydrogens is 381 g/mol. The smallest absolute Gasteiger partial charge is 0.140 e. The van der Waals surface area contributed by atoms with Gasteiger partial charge >= 0.3 is 0 Å². The molecule has 1 aromatic heterocycles. The van der Waals surface area contributed by atoms with Gasteiger partial charge in [0, 0.05) is 21.0 Å². The van der Waals surface area contributed by atoms with Crippen molar-refractivity contribution in [2.75, 3.05) is 10.2 Å². The number of hydrogen-bond donors (Lipinski definition) is 1. The number of nitrogens with two attached hydrogens (primary N) is 1. The Balaban J connectivity index is 0. The molecule has 0 saturated carbocycles. The maximum atomic E-state index is 8.11. The lowest BCUT2D eigenvalue weighted by atomic mass is 10.3. The van der Waals surface area contributed by atoms with E-state index in [1.807, 2.05) is 19.9 Å². The molecule has 0 aliphatic heterocycles. The average molecular weight is 400 g/mol. The van der Waals surface area contributed by atoms with Crippen LogP contribution in [0.25, 0.3) is 0 Å². The summed E-state index contributed by atoms with van der Waals surface area (Å²) in [7, 11) is 0. The van der Waals surface area contributed by atoms with Crippen molar-refractivity contribution in [1.29, 1.82) is 5.26 Å². The summed E-state index contributed by atoms with van der Waals surface area (Å²) in [4.78, 5) is 1.21. The van der Waals surface area contributed by atoms with Crippen LogP contribution in [0.1, 0.15) is 31.2 Å². The first-order valence-corrected chi connectivity index (χ1v) is 7.96. The van der Waals surface area contributed by atoms with E-state index in [0.29, 0.717) is 16.4 Å². The van der Waals surface area contributed by atoms with Gasteiger partial charge in [-0.3, -0.25) is 0 Å². The maximum absolute atomic E-state index is 8.11. The van der Waals surface area contributed by atoms with Gasteiger partial charge < -0.3 is 5.73 Å². The number of nitriles is 1. The molecule has 0 bridgehead atoms. The lowest BCUT2D eigenvalue weighted by Gasteiger charge is -1.84. The van der Waals surface area contributed by atoms with Gasteiger partial charge in [-0.15, -0.1) is 0 Å². The van der Waals surface area contributed by atoms with Crippen LogP contribution in [0, 0.1) is 25.2 Å². The fraction of sp³-hybridized carbons (Fsp3) is 0.500. The third-order valence-corrected chi connectivity index (χ3v) is 3.03. The van der Waals surface area contributed by atoms with E-state index in [-0.39, 0.29) is 0 Å². The van der Waals surface area contributed by atoms with E-state index in [4.69, 9.17) is 22.6 Å². The number of aryl methyl sites for hydroxylation is 1. The Morgan fingerprint density at radius 1 is 1.50 bits per heavy atom.